The van der Waals surface area contributed by atoms with Crippen LogP contribution in [0.1, 0.15) is 34.6 Å². The summed E-state index contributed by atoms with van der Waals surface area (Å²) in [6, 6.07) is 17.4. The molecule has 24 heavy (non-hydrogen) atoms. The summed E-state index contributed by atoms with van der Waals surface area (Å²) in [5, 5.41) is 3.95. The number of fused-ring (bicyclic) bond motifs is 1. The fourth-order valence-corrected chi connectivity index (χ4v) is 2.70. The molecule has 0 aliphatic rings. The Balaban J connectivity index is 1.88. The normalized spacial score (nSPS) is 12.0. The predicted octanol–water partition coefficient (Wildman–Crippen LogP) is 4.04. The van der Waals surface area contributed by atoms with Crippen LogP contribution in [0.4, 0.5) is 0 Å². The number of pyridine rings is 1. The third kappa shape index (κ3) is 3.23. The zero-order chi connectivity index (χ0) is 17.1. The fourth-order valence-electron chi connectivity index (χ4n) is 2.70. The summed E-state index contributed by atoms with van der Waals surface area (Å²) in [5.74, 6) is 0.637. The molecule has 0 unspecified atom stereocenters. The van der Waals surface area contributed by atoms with Gasteiger partial charge in [-0.25, -0.2) is 0 Å². The van der Waals surface area contributed by atoms with Gasteiger partial charge in [-0.1, -0.05) is 30.3 Å². The molecule has 3 rings (SSSR count). The summed E-state index contributed by atoms with van der Waals surface area (Å²) in [4.78, 5) is 17.2. The molecule has 3 aromatic rings. The van der Waals surface area contributed by atoms with E-state index >= 15 is 0 Å². The third-order valence-corrected chi connectivity index (χ3v) is 4.11. The lowest BCUT2D eigenvalue weighted by Gasteiger charge is -2.15. The van der Waals surface area contributed by atoms with Crippen molar-refractivity contribution in [3.8, 4) is 5.75 Å². The van der Waals surface area contributed by atoms with Crippen molar-refractivity contribution >= 4 is 16.8 Å². The van der Waals surface area contributed by atoms with Gasteiger partial charge in [0.25, 0.3) is 5.91 Å². The number of benzene rings is 2. The second-order valence-electron chi connectivity index (χ2n) is 5.79. The Bertz CT molecular complexity index is 875. The zero-order valence-corrected chi connectivity index (χ0v) is 14.0. The highest BCUT2D eigenvalue weighted by molar-refractivity contribution is 5.99. The predicted molar refractivity (Wildman–Crippen MR) is 95.4 cm³/mol. The molecule has 0 saturated carbocycles. The van der Waals surface area contributed by atoms with E-state index in [1.54, 1.807) is 7.11 Å². The topological polar surface area (TPSA) is 51.2 Å². The van der Waals surface area contributed by atoms with Gasteiger partial charge >= 0.3 is 0 Å². The van der Waals surface area contributed by atoms with Crippen LogP contribution in [-0.2, 0) is 0 Å². The number of aromatic nitrogens is 1. The minimum Gasteiger partial charge on any atom is -0.497 e. The van der Waals surface area contributed by atoms with Gasteiger partial charge in [0, 0.05) is 11.5 Å². The smallest absolute Gasteiger partial charge is 0.253 e. The number of ether oxygens (including phenoxy) is 1. The second-order valence-corrected chi connectivity index (χ2v) is 5.79. The molecule has 0 radical (unpaired) electrons. The maximum atomic E-state index is 12.6. The van der Waals surface area contributed by atoms with Crippen molar-refractivity contribution in [3.63, 3.8) is 0 Å². The molecular formula is C20H20N2O2. The van der Waals surface area contributed by atoms with Gasteiger partial charge in [-0.05, 0) is 37.6 Å². The highest BCUT2D eigenvalue weighted by Gasteiger charge is 2.15. The number of nitrogens with one attached hydrogen (secondary N) is 1. The molecule has 1 N–H and O–H groups in total. The maximum absolute atomic E-state index is 12.6. The highest BCUT2D eigenvalue weighted by Crippen LogP contribution is 2.22. The Morgan fingerprint density at radius 1 is 1.12 bits per heavy atom. The molecule has 0 aliphatic heterocycles. The number of hydrogen-bond donors (Lipinski definition) is 1. The van der Waals surface area contributed by atoms with Crippen LogP contribution >= 0.6 is 0 Å². The van der Waals surface area contributed by atoms with Gasteiger partial charge in [-0.2, -0.15) is 0 Å². The van der Waals surface area contributed by atoms with Gasteiger partial charge in [0.2, 0.25) is 0 Å². The van der Waals surface area contributed by atoms with Crippen molar-refractivity contribution < 1.29 is 9.53 Å². The van der Waals surface area contributed by atoms with Gasteiger partial charge in [0.15, 0.2) is 0 Å². The Morgan fingerprint density at radius 2 is 1.88 bits per heavy atom. The lowest BCUT2D eigenvalue weighted by Crippen LogP contribution is -2.27. The van der Waals surface area contributed by atoms with E-state index in [1.165, 1.54) is 0 Å². The van der Waals surface area contributed by atoms with Crippen LogP contribution in [0.2, 0.25) is 0 Å². The molecule has 1 amide bonds. The molecule has 4 heteroatoms. The minimum atomic E-state index is -0.117. The number of carbonyl (C=O) groups is 1. The molecule has 1 atom stereocenters. The van der Waals surface area contributed by atoms with E-state index in [0.29, 0.717) is 11.3 Å². The van der Waals surface area contributed by atoms with Crippen LogP contribution < -0.4 is 10.1 Å². The molecule has 4 nitrogen and oxygen atoms in total. The van der Waals surface area contributed by atoms with E-state index in [9.17, 15) is 4.79 Å². The summed E-state index contributed by atoms with van der Waals surface area (Å²) in [5.41, 5.74) is 3.19. The summed E-state index contributed by atoms with van der Waals surface area (Å²) in [6.07, 6.45) is 0. The van der Waals surface area contributed by atoms with Crippen LogP contribution in [0.15, 0.2) is 54.6 Å². The van der Waals surface area contributed by atoms with E-state index in [-0.39, 0.29) is 11.9 Å². The molecule has 0 saturated heterocycles. The van der Waals surface area contributed by atoms with Crippen molar-refractivity contribution in [2.75, 3.05) is 7.11 Å². The first-order chi connectivity index (χ1) is 11.6. The molecule has 122 valence electrons. The van der Waals surface area contributed by atoms with Crippen LogP contribution in [0.3, 0.4) is 0 Å². The van der Waals surface area contributed by atoms with Gasteiger partial charge in [0.1, 0.15) is 5.75 Å². The first-order valence-electron chi connectivity index (χ1n) is 7.89. The Kier molecular flexibility index (Phi) is 4.47. The molecule has 2 aromatic carbocycles. The molecule has 0 spiro atoms. The molecule has 1 heterocycles. The molecular weight excluding hydrogens is 300 g/mol. The van der Waals surface area contributed by atoms with E-state index in [0.717, 1.165) is 22.2 Å². The van der Waals surface area contributed by atoms with Gasteiger partial charge < -0.3 is 10.1 Å². The Labute approximate surface area is 141 Å². The van der Waals surface area contributed by atoms with E-state index in [4.69, 9.17) is 4.74 Å². The van der Waals surface area contributed by atoms with E-state index in [2.05, 4.69) is 10.3 Å². The largest absolute Gasteiger partial charge is 0.497 e. The third-order valence-electron chi connectivity index (χ3n) is 4.11. The number of nitrogens with zero attached hydrogens (tertiary/aromatic N) is 1. The Hall–Kier alpha value is -2.88. The lowest BCUT2D eigenvalue weighted by molar-refractivity contribution is 0.0939. The van der Waals surface area contributed by atoms with Crippen LogP contribution in [0, 0.1) is 6.92 Å². The molecule has 0 fully saturated rings. The summed E-state index contributed by atoms with van der Waals surface area (Å²) in [6.45, 7) is 3.82. The highest BCUT2D eigenvalue weighted by atomic mass is 16.5. The first kappa shape index (κ1) is 16.0. The molecule has 1 aromatic heterocycles. The lowest BCUT2D eigenvalue weighted by atomic mass is 10.1. The summed E-state index contributed by atoms with van der Waals surface area (Å²) < 4.78 is 5.22. The van der Waals surface area contributed by atoms with Gasteiger partial charge in [0.05, 0.1) is 29.9 Å². The van der Waals surface area contributed by atoms with Crippen LogP contribution in [0.25, 0.3) is 10.9 Å². The average molecular weight is 320 g/mol. The first-order valence-corrected chi connectivity index (χ1v) is 7.89. The fraction of sp³-hybridized carbons (Fsp3) is 0.200. The molecule has 0 bridgehead atoms. The number of amides is 1. The monoisotopic (exact) mass is 320 g/mol. The number of hydrogen-bond acceptors (Lipinski definition) is 3. The van der Waals surface area contributed by atoms with Crippen molar-refractivity contribution in [1.82, 2.24) is 10.3 Å². The average Bonchev–Trinajstić information content (AvgIpc) is 2.61. The van der Waals surface area contributed by atoms with E-state index in [1.807, 2.05) is 68.4 Å². The van der Waals surface area contributed by atoms with Crippen molar-refractivity contribution in [2.45, 2.75) is 19.9 Å². The second kappa shape index (κ2) is 6.71. The maximum Gasteiger partial charge on any atom is 0.253 e. The number of carbonyl (C=O) groups excluding carboxylic acids is 1. The van der Waals surface area contributed by atoms with Gasteiger partial charge in [-0.3, -0.25) is 9.78 Å². The van der Waals surface area contributed by atoms with E-state index < -0.39 is 0 Å². The van der Waals surface area contributed by atoms with Crippen molar-refractivity contribution in [3.05, 3.63) is 71.4 Å². The number of rotatable bonds is 4. The SMILES string of the molecule is COc1ccc2cc(C(=O)N[C@H](C)c3ccccc3)c(C)nc2c1. The van der Waals surface area contributed by atoms with Crippen LogP contribution in [0.5, 0.6) is 5.75 Å². The van der Waals surface area contributed by atoms with Crippen molar-refractivity contribution in [1.29, 1.82) is 0 Å². The Morgan fingerprint density at radius 3 is 2.58 bits per heavy atom. The van der Waals surface area contributed by atoms with Crippen molar-refractivity contribution in [2.24, 2.45) is 0 Å². The zero-order valence-electron chi connectivity index (χ0n) is 14.0. The quantitative estimate of drug-likeness (QED) is 0.789. The minimum absolute atomic E-state index is 0.0651. The standard InChI is InChI=1S/C20H20N2O2/c1-13(15-7-5-4-6-8-15)22-20(23)18-11-16-9-10-17(24-3)12-19(16)21-14(18)2/h4-13H,1-3H3,(H,22,23)/t13-/m1/s1. The summed E-state index contributed by atoms with van der Waals surface area (Å²) in [7, 11) is 1.63. The molecule has 0 aliphatic carbocycles. The van der Waals surface area contributed by atoms with Gasteiger partial charge in [-0.15, -0.1) is 0 Å². The number of methoxy groups -OCH3 is 1. The van der Waals surface area contributed by atoms with Crippen LogP contribution in [-0.4, -0.2) is 18.0 Å². The summed E-state index contributed by atoms with van der Waals surface area (Å²) >= 11 is 0. The number of aryl methyl sites for hydroxylation is 1.